The van der Waals surface area contributed by atoms with Crippen LogP contribution >= 0.6 is 0 Å². The summed E-state index contributed by atoms with van der Waals surface area (Å²) in [7, 11) is 0. The second kappa shape index (κ2) is 14.2. The second-order valence-corrected chi connectivity index (χ2v) is 12.5. The number of ether oxygens (including phenoxy) is 1. The maximum Gasteiger partial charge on any atom is 0.422 e. The maximum atomic E-state index is 15.5. The van der Waals surface area contributed by atoms with E-state index in [0.717, 1.165) is 64.2 Å². The van der Waals surface area contributed by atoms with Gasteiger partial charge in [-0.05, 0) is 118 Å². The highest BCUT2D eigenvalue weighted by Gasteiger charge is 2.41. The molecule has 1 nitrogen and oxygen atoms in total. The third kappa shape index (κ3) is 8.13. The third-order valence-electron chi connectivity index (χ3n) is 9.88. The molecule has 0 N–H and O–H groups in total. The molecule has 0 radical (unpaired) electrons. The molecule has 0 aliphatic heterocycles. The van der Waals surface area contributed by atoms with Crippen molar-refractivity contribution < 1.29 is 22.3 Å². The molecular formula is C34H48F4O. The number of rotatable bonds is 11. The molecule has 39 heavy (non-hydrogen) atoms. The fourth-order valence-electron chi connectivity index (χ4n) is 7.38. The Morgan fingerprint density at radius 3 is 2.23 bits per heavy atom. The number of halogens is 4. The zero-order valence-electron chi connectivity index (χ0n) is 23.8. The first-order chi connectivity index (χ1) is 18.8. The lowest BCUT2D eigenvalue weighted by Crippen LogP contribution is -2.24. The van der Waals surface area contributed by atoms with Crippen molar-refractivity contribution in [3.05, 3.63) is 53.9 Å². The van der Waals surface area contributed by atoms with E-state index in [9.17, 15) is 13.2 Å². The molecule has 218 valence electrons. The van der Waals surface area contributed by atoms with Gasteiger partial charge >= 0.3 is 6.18 Å². The molecule has 4 rings (SSSR count). The molecule has 2 fully saturated rings. The van der Waals surface area contributed by atoms with Crippen LogP contribution in [0.5, 0.6) is 5.75 Å². The molecule has 0 aromatic heterocycles. The Hall–Kier alpha value is -1.78. The van der Waals surface area contributed by atoms with Crippen molar-refractivity contribution in [2.75, 3.05) is 6.61 Å². The molecule has 1 aromatic rings. The lowest BCUT2D eigenvalue weighted by molar-refractivity contribution is -0.141. The molecule has 0 spiro atoms. The van der Waals surface area contributed by atoms with E-state index in [0.29, 0.717) is 23.7 Å². The van der Waals surface area contributed by atoms with Crippen LogP contribution in [0.25, 0.3) is 0 Å². The summed E-state index contributed by atoms with van der Waals surface area (Å²) in [6.07, 6.45) is 17.7. The first-order valence-electron chi connectivity index (χ1n) is 15.6. The van der Waals surface area contributed by atoms with E-state index >= 15 is 4.39 Å². The Morgan fingerprint density at radius 1 is 0.897 bits per heavy atom. The van der Waals surface area contributed by atoms with Crippen LogP contribution in [0.3, 0.4) is 0 Å². The Labute approximate surface area is 233 Å². The molecule has 0 saturated heterocycles. The summed E-state index contributed by atoms with van der Waals surface area (Å²) in [6, 6.07) is 2.94. The van der Waals surface area contributed by atoms with Crippen LogP contribution in [-0.2, 0) is 6.18 Å². The number of unbranched alkanes of at least 4 members (excludes halogenated alkanes) is 1. The predicted molar refractivity (Wildman–Crippen MR) is 151 cm³/mol. The highest BCUT2D eigenvalue weighted by molar-refractivity contribution is 5.42. The molecule has 2 saturated carbocycles. The standard InChI is InChI=1S/C34H48F4O/c1-3-5-7-24-9-11-26(12-10-24)23-39-31-22-21-30(33(35)32(31)34(36,37)38)29-19-17-28(18-20-29)27-15-13-25(14-16-27)8-6-4-2/h3,13,15,21-22,24-29H,1,4-12,14,16-20,23H2,2H3. The van der Waals surface area contributed by atoms with Gasteiger partial charge in [-0.3, -0.25) is 0 Å². The number of hydrogen-bond donors (Lipinski definition) is 0. The SMILES string of the molecule is C=CCCC1CCC(COc2ccc(C3CCC(C4C=CC(CCCC)CC4)CC3)c(F)c2C(F)(F)F)CC1. The minimum atomic E-state index is -4.78. The fraction of sp³-hybridized carbons (Fsp3) is 0.706. The number of benzene rings is 1. The minimum absolute atomic E-state index is 0.160. The van der Waals surface area contributed by atoms with E-state index in [1.54, 1.807) is 6.07 Å². The normalized spacial score (nSPS) is 29.8. The average Bonchev–Trinajstić information content (AvgIpc) is 2.94. The van der Waals surface area contributed by atoms with Crippen LogP contribution < -0.4 is 4.74 Å². The Bertz CT molecular complexity index is 935. The monoisotopic (exact) mass is 548 g/mol. The van der Waals surface area contributed by atoms with E-state index in [2.05, 4.69) is 25.7 Å². The molecule has 3 aliphatic carbocycles. The molecule has 0 heterocycles. The van der Waals surface area contributed by atoms with Crippen LogP contribution in [-0.4, -0.2) is 6.61 Å². The molecule has 1 aromatic carbocycles. The first kappa shape index (κ1) is 30.2. The van der Waals surface area contributed by atoms with Crippen molar-refractivity contribution >= 4 is 0 Å². The second-order valence-electron chi connectivity index (χ2n) is 12.5. The highest BCUT2D eigenvalue weighted by Crippen LogP contribution is 2.46. The van der Waals surface area contributed by atoms with Crippen molar-refractivity contribution in [3.8, 4) is 5.75 Å². The largest absolute Gasteiger partial charge is 0.493 e. The number of hydrogen-bond acceptors (Lipinski definition) is 1. The van der Waals surface area contributed by atoms with Gasteiger partial charge in [0.05, 0.1) is 6.61 Å². The van der Waals surface area contributed by atoms with Crippen LogP contribution in [0.1, 0.15) is 120 Å². The Kier molecular flexibility index (Phi) is 11.0. The summed E-state index contributed by atoms with van der Waals surface area (Å²) in [5.41, 5.74) is -0.996. The summed E-state index contributed by atoms with van der Waals surface area (Å²) in [4.78, 5) is 0. The molecule has 0 amide bonds. The van der Waals surface area contributed by atoms with Gasteiger partial charge in [-0.15, -0.1) is 6.58 Å². The minimum Gasteiger partial charge on any atom is -0.493 e. The van der Waals surface area contributed by atoms with E-state index in [4.69, 9.17) is 4.74 Å². The first-order valence-corrected chi connectivity index (χ1v) is 15.6. The van der Waals surface area contributed by atoms with Gasteiger partial charge in [-0.25, -0.2) is 4.39 Å². The van der Waals surface area contributed by atoms with E-state index in [1.807, 2.05) is 6.08 Å². The zero-order valence-corrected chi connectivity index (χ0v) is 23.8. The molecule has 0 bridgehead atoms. The van der Waals surface area contributed by atoms with Crippen LogP contribution in [0.2, 0.25) is 0 Å². The Morgan fingerprint density at radius 2 is 1.62 bits per heavy atom. The maximum absolute atomic E-state index is 15.5. The smallest absolute Gasteiger partial charge is 0.422 e. The van der Waals surface area contributed by atoms with Gasteiger partial charge in [-0.2, -0.15) is 13.2 Å². The quantitative estimate of drug-likeness (QED) is 0.197. The van der Waals surface area contributed by atoms with Gasteiger partial charge in [0.2, 0.25) is 0 Å². The van der Waals surface area contributed by atoms with Gasteiger partial charge in [0.25, 0.3) is 0 Å². The molecular weight excluding hydrogens is 500 g/mol. The highest BCUT2D eigenvalue weighted by atomic mass is 19.4. The van der Waals surface area contributed by atoms with Crippen LogP contribution in [0.4, 0.5) is 17.6 Å². The Balaban J connectivity index is 1.35. The van der Waals surface area contributed by atoms with Crippen molar-refractivity contribution in [2.45, 2.75) is 115 Å². The van der Waals surface area contributed by atoms with Gasteiger partial charge in [0.1, 0.15) is 17.1 Å². The summed E-state index contributed by atoms with van der Waals surface area (Å²) in [5.74, 6) is 1.08. The molecule has 3 aliphatic rings. The molecule has 2 atom stereocenters. The summed E-state index contributed by atoms with van der Waals surface area (Å²) in [5, 5.41) is 0. The van der Waals surface area contributed by atoms with E-state index in [1.165, 1.54) is 38.2 Å². The summed E-state index contributed by atoms with van der Waals surface area (Å²) < 4.78 is 63.4. The topological polar surface area (TPSA) is 9.23 Å². The van der Waals surface area contributed by atoms with E-state index < -0.39 is 17.6 Å². The van der Waals surface area contributed by atoms with Crippen molar-refractivity contribution in [1.82, 2.24) is 0 Å². The predicted octanol–water partition coefficient (Wildman–Crippen LogP) is 11.0. The molecule has 5 heteroatoms. The molecule has 2 unspecified atom stereocenters. The summed E-state index contributed by atoms with van der Waals surface area (Å²) >= 11 is 0. The van der Waals surface area contributed by atoms with Crippen molar-refractivity contribution in [1.29, 1.82) is 0 Å². The number of alkyl halides is 3. The lowest BCUT2D eigenvalue weighted by Gasteiger charge is -2.35. The van der Waals surface area contributed by atoms with Crippen LogP contribution in [0, 0.1) is 35.4 Å². The van der Waals surface area contributed by atoms with Gasteiger partial charge in [0.15, 0.2) is 0 Å². The average molecular weight is 549 g/mol. The lowest BCUT2D eigenvalue weighted by atomic mass is 9.70. The van der Waals surface area contributed by atoms with Crippen LogP contribution in [0.15, 0.2) is 36.9 Å². The third-order valence-corrected chi connectivity index (χ3v) is 9.88. The fourth-order valence-corrected chi connectivity index (χ4v) is 7.38. The van der Waals surface area contributed by atoms with Gasteiger partial charge < -0.3 is 4.74 Å². The van der Waals surface area contributed by atoms with Gasteiger partial charge in [0, 0.05) is 0 Å². The van der Waals surface area contributed by atoms with E-state index in [-0.39, 0.29) is 29.8 Å². The van der Waals surface area contributed by atoms with Crippen molar-refractivity contribution in [2.24, 2.45) is 29.6 Å². The van der Waals surface area contributed by atoms with Gasteiger partial charge in [-0.1, -0.05) is 56.9 Å². The zero-order chi connectivity index (χ0) is 27.8. The number of allylic oxidation sites excluding steroid dienone is 3. The summed E-state index contributed by atoms with van der Waals surface area (Å²) in [6.45, 7) is 6.23. The van der Waals surface area contributed by atoms with Crippen molar-refractivity contribution in [3.63, 3.8) is 0 Å².